The number of fused-ring (bicyclic) bond motifs is 5. The summed E-state index contributed by atoms with van der Waals surface area (Å²) in [6.07, 6.45) is 0.143. The quantitative estimate of drug-likeness (QED) is 0.287. The lowest BCUT2D eigenvalue weighted by molar-refractivity contribution is -0.137. The highest BCUT2D eigenvalue weighted by molar-refractivity contribution is 6.31. The molecule has 10 nitrogen and oxygen atoms in total. The number of hydrogen-bond donors (Lipinski definition) is 1. The van der Waals surface area contributed by atoms with Crippen LogP contribution in [-0.4, -0.2) is 72.8 Å². The Kier molecular flexibility index (Phi) is 6.72. The fraction of sp³-hybridized carbons (Fsp3) is 0.207. The van der Waals surface area contributed by atoms with Crippen LogP contribution in [0.3, 0.4) is 0 Å². The number of imidazole rings is 1. The number of benzene rings is 2. The fourth-order valence-corrected chi connectivity index (χ4v) is 5.53. The molecular weight excluding hydrogens is 585 g/mol. The minimum Gasteiger partial charge on any atom is -0.379 e. The molecule has 0 atom stereocenters. The van der Waals surface area contributed by atoms with Crippen molar-refractivity contribution in [3.63, 3.8) is 0 Å². The van der Waals surface area contributed by atoms with Crippen molar-refractivity contribution in [3.05, 3.63) is 77.8 Å². The molecule has 0 aliphatic carbocycles. The first-order valence-electron chi connectivity index (χ1n) is 13.3. The van der Waals surface area contributed by atoms with Crippen molar-refractivity contribution < 1.29 is 22.7 Å². The highest BCUT2D eigenvalue weighted by Crippen LogP contribution is 2.38. The van der Waals surface area contributed by atoms with Gasteiger partial charge in [0, 0.05) is 35.9 Å². The summed E-state index contributed by atoms with van der Waals surface area (Å²) in [5.74, 6) is 0.596. The minimum atomic E-state index is -4.64. The van der Waals surface area contributed by atoms with Gasteiger partial charge in [0.2, 0.25) is 11.7 Å². The molecule has 4 aromatic heterocycles. The molecular formula is C29H22ClF3N8O2. The molecule has 6 aromatic rings. The van der Waals surface area contributed by atoms with Gasteiger partial charge in [0.15, 0.2) is 0 Å². The van der Waals surface area contributed by atoms with Crippen LogP contribution < -0.4 is 5.32 Å². The first kappa shape index (κ1) is 27.3. The number of ether oxygens (including phenoxy) is 1. The Bertz CT molecular complexity index is 2000. The van der Waals surface area contributed by atoms with Crippen LogP contribution in [0.5, 0.6) is 0 Å². The van der Waals surface area contributed by atoms with Gasteiger partial charge in [-0.3, -0.25) is 23.6 Å². The van der Waals surface area contributed by atoms with Crippen LogP contribution in [-0.2, 0) is 15.7 Å². The van der Waals surface area contributed by atoms with Crippen LogP contribution in [0.15, 0.2) is 67.3 Å². The molecule has 1 aliphatic heterocycles. The van der Waals surface area contributed by atoms with Crippen LogP contribution >= 0.6 is 11.6 Å². The van der Waals surface area contributed by atoms with E-state index in [0.29, 0.717) is 59.8 Å². The second-order valence-corrected chi connectivity index (χ2v) is 10.5. The molecule has 0 saturated carbocycles. The molecule has 1 saturated heterocycles. The first-order valence-corrected chi connectivity index (χ1v) is 13.7. The maximum absolute atomic E-state index is 13.8. The summed E-state index contributed by atoms with van der Waals surface area (Å²) < 4.78 is 49.9. The number of rotatable bonds is 5. The highest BCUT2D eigenvalue weighted by atomic mass is 35.5. The second kappa shape index (κ2) is 10.6. The lowest BCUT2D eigenvalue weighted by Gasteiger charge is -2.25. The van der Waals surface area contributed by atoms with Crippen LogP contribution in [0.1, 0.15) is 5.56 Å². The maximum atomic E-state index is 13.8. The molecule has 218 valence electrons. The van der Waals surface area contributed by atoms with Crippen LogP contribution in [0.4, 0.5) is 19.0 Å². The van der Waals surface area contributed by atoms with Crippen LogP contribution in [0.2, 0.25) is 5.02 Å². The van der Waals surface area contributed by atoms with Gasteiger partial charge in [-0.15, -0.1) is 10.2 Å². The third kappa shape index (κ3) is 5.05. The number of anilines is 1. The number of nitrogens with zero attached hydrogens (tertiary/aromatic N) is 7. The smallest absolute Gasteiger partial charge is 0.379 e. The summed E-state index contributed by atoms with van der Waals surface area (Å²) in [6, 6.07) is 12.9. The van der Waals surface area contributed by atoms with Crippen molar-refractivity contribution in [3.8, 4) is 16.8 Å². The van der Waals surface area contributed by atoms with Gasteiger partial charge in [-0.2, -0.15) is 13.2 Å². The van der Waals surface area contributed by atoms with Crippen molar-refractivity contribution in [2.24, 2.45) is 0 Å². The van der Waals surface area contributed by atoms with E-state index < -0.39 is 16.8 Å². The summed E-state index contributed by atoms with van der Waals surface area (Å²) in [5.41, 5.74) is 2.71. The molecule has 0 radical (unpaired) electrons. The van der Waals surface area contributed by atoms with Gasteiger partial charge < -0.3 is 10.1 Å². The van der Waals surface area contributed by atoms with Gasteiger partial charge >= 0.3 is 6.18 Å². The van der Waals surface area contributed by atoms with E-state index in [2.05, 4.69) is 25.5 Å². The van der Waals surface area contributed by atoms with Crippen molar-refractivity contribution in [2.45, 2.75) is 6.18 Å². The summed E-state index contributed by atoms with van der Waals surface area (Å²) >= 11 is 5.92. The van der Waals surface area contributed by atoms with Gasteiger partial charge in [-0.1, -0.05) is 17.7 Å². The van der Waals surface area contributed by atoms with Crippen molar-refractivity contribution >= 4 is 51.0 Å². The van der Waals surface area contributed by atoms with Crippen molar-refractivity contribution in [1.29, 1.82) is 0 Å². The average molecular weight is 607 g/mol. The van der Waals surface area contributed by atoms with Gasteiger partial charge in [-0.05, 0) is 48.0 Å². The average Bonchev–Trinajstić information content (AvgIpc) is 3.59. The molecule has 14 heteroatoms. The number of pyridine rings is 2. The Morgan fingerprint density at radius 3 is 2.58 bits per heavy atom. The molecule has 43 heavy (non-hydrogen) atoms. The van der Waals surface area contributed by atoms with E-state index in [-0.39, 0.29) is 18.1 Å². The molecule has 0 unspecified atom stereocenters. The molecule has 2 aromatic carbocycles. The van der Waals surface area contributed by atoms with E-state index in [4.69, 9.17) is 16.3 Å². The molecule has 0 spiro atoms. The number of morpholine rings is 1. The van der Waals surface area contributed by atoms with Crippen LogP contribution in [0, 0.1) is 0 Å². The zero-order chi connectivity index (χ0) is 29.7. The number of aromatic nitrogens is 6. The topological polar surface area (TPSA) is 102 Å². The Balaban J connectivity index is 1.28. The third-order valence-corrected chi connectivity index (χ3v) is 7.71. The second-order valence-electron chi connectivity index (χ2n) is 10.1. The lowest BCUT2D eigenvalue weighted by Crippen LogP contribution is -2.41. The predicted octanol–water partition coefficient (Wildman–Crippen LogP) is 5.23. The Hall–Kier alpha value is -4.59. The van der Waals surface area contributed by atoms with Gasteiger partial charge in [0.25, 0.3) is 0 Å². The van der Waals surface area contributed by atoms with E-state index >= 15 is 0 Å². The summed E-state index contributed by atoms with van der Waals surface area (Å²) in [7, 11) is 0. The standard InChI is InChI=1S/C29H22ClF3N8O2/c30-22-4-3-19(12-21(22)29(31,32)33)41-27-20-11-17(1-5-23(20)34-14-24(27)40-16-36-38-28(40)41)18-2-6-25(35-13-18)37-26(42)15-39-7-9-43-10-8-39/h1-6,11-14,16H,7-10,15H2,(H,35,37,42). The number of hydrogen-bond acceptors (Lipinski definition) is 7. The molecule has 1 fully saturated rings. The zero-order valence-electron chi connectivity index (χ0n) is 22.3. The van der Waals surface area contributed by atoms with Crippen molar-refractivity contribution in [2.75, 3.05) is 38.2 Å². The Morgan fingerprint density at radius 1 is 1.00 bits per heavy atom. The van der Waals surface area contributed by atoms with E-state index in [0.717, 1.165) is 17.2 Å². The fourth-order valence-electron chi connectivity index (χ4n) is 5.31. The van der Waals surface area contributed by atoms with E-state index in [1.54, 1.807) is 27.4 Å². The minimum absolute atomic E-state index is 0.155. The molecule has 7 rings (SSSR count). The van der Waals surface area contributed by atoms with Crippen LogP contribution in [0.25, 0.3) is 44.5 Å². The van der Waals surface area contributed by atoms with E-state index in [1.807, 2.05) is 29.2 Å². The summed E-state index contributed by atoms with van der Waals surface area (Å²) in [5, 5.41) is 11.3. The monoisotopic (exact) mass is 606 g/mol. The summed E-state index contributed by atoms with van der Waals surface area (Å²) in [6.45, 7) is 2.89. The number of carbonyl (C=O) groups is 1. The van der Waals surface area contributed by atoms with E-state index in [1.165, 1.54) is 18.5 Å². The van der Waals surface area contributed by atoms with Gasteiger partial charge in [0.05, 0.1) is 53.1 Å². The highest BCUT2D eigenvalue weighted by Gasteiger charge is 2.34. The maximum Gasteiger partial charge on any atom is 0.417 e. The third-order valence-electron chi connectivity index (χ3n) is 7.38. The normalized spacial score (nSPS) is 14.6. The zero-order valence-corrected chi connectivity index (χ0v) is 23.1. The Morgan fingerprint density at radius 2 is 1.81 bits per heavy atom. The summed E-state index contributed by atoms with van der Waals surface area (Å²) in [4.78, 5) is 23.5. The molecule has 5 heterocycles. The first-order chi connectivity index (χ1) is 20.8. The largest absolute Gasteiger partial charge is 0.417 e. The lowest BCUT2D eigenvalue weighted by atomic mass is 10.0. The molecule has 1 aliphatic rings. The number of nitrogens with one attached hydrogen (secondary N) is 1. The molecule has 1 N–H and O–H groups in total. The number of amides is 1. The molecule has 0 bridgehead atoms. The number of carbonyl (C=O) groups excluding carboxylic acids is 1. The molecule has 1 amide bonds. The van der Waals surface area contributed by atoms with Gasteiger partial charge in [-0.25, -0.2) is 4.98 Å². The van der Waals surface area contributed by atoms with E-state index in [9.17, 15) is 18.0 Å². The van der Waals surface area contributed by atoms with Gasteiger partial charge in [0.1, 0.15) is 12.1 Å². The number of alkyl halides is 3. The number of halogens is 4. The Labute approximate surface area is 246 Å². The SMILES string of the molecule is O=C(CN1CCOCC1)Nc1ccc(-c2ccc3ncc4c(c3c2)n(-c2ccc(Cl)c(C(F)(F)F)c2)c2nncn42)cn1. The van der Waals surface area contributed by atoms with Crippen molar-refractivity contribution in [1.82, 2.24) is 34.0 Å². The predicted molar refractivity (Wildman–Crippen MR) is 154 cm³/mol.